The second kappa shape index (κ2) is 9.94. The van der Waals surface area contributed by atoms with Crippen molar-refractivity contribution in [3.8, 4) is 0 Å². The average molecular weight is 548 g/mol. The summed E-state index contributed by atoms with van der Waals surface area (Å²) in [4.78, 5) is 25.8. The molecule has 1 spiro atoms. The first-order valence-corrected chi connectivity index (χ1v) is 14.0. The number of hydrogen-bond donors (Lipinski definition) is 4. The van der Waals surface area contributed by atoms with Gasteiger partial charge in [0.25, 0.3) is 0 Å². The molecule has 6 rings (SSSR count). The number of cyclic esters (lactones) is 1. The largest absolute Gasteiger partial charge is 0.423 e. The van der Waals surface area contributed by atoms with E-state index in [1.165, 1.54) is 0 Å². The number of nitrogens with two attached hydrogens (primary N) is 1. The summed E-state index contributed by atoms with van der Waals surface area (Å²) in [5, 5.41) is 24.9. The minimum absolute atomic E-state index is 0.0644. The molecule has 2 aromatic heterocycles. The third-order valence-electron chi connectivity index (χ3n) is 10.0. The van der Waals surface area contributed by atoms with Gasteiger partial charge in [0.05, 0.1) is 36.5 Å². The number of ether oxygens (including phenoxy) is 2. The first-order valence-electron chi connectivity index (χ1n) is 14.0. The Balaban J connectivity index is 1.36. The van der Waals surface area contributed by atoms with E-state index in [-0.39, 0.29) is 35.4 Å². The molecule has 212 valence electrons. The second-order valence-corrected chi connectivity index (χ2v) is 12.3. The molecule has 1 saturated heterocycles. The van der Waals surface area contributed by atoms with Crippen molar-refractivity contribution in [2.45, 2.75) is 63.7 Å². The van der Waals surface area contributed by atoms with E-state index in [0.717, 1.165) is 19.3 Å². The summed E-state index contributed by atoms with van der Waals surface area (Å²) in [5.41, 5.74) is 5.73. The first-order chi connectivity index (χ1) is 19.2. The highest BCUT2D eigenvalue weighted by atomic mass is 16.6. The smallest absolute Gasteiger partial charge is 0.341 e. The lowest BCUT2D eigenvalue weighted by Gasteiger charge is -2.61. The van der Waals surface area contributed by atoms with Gasteiger partial charge in [0.15, 0.2) is 0 Å². The van der Waals surface area contributed by atoms with Gasteiger partial charge >= 0.3 is 5.97 Å². The van der Waals surface area contributed by atoms with Crippen LogP contribution >= 0.6 is 0 Å². The quantitative estimate of drug-likeness (QED) is 0.300. The van der Waals surface area contributed by atoms with Gasteiger partial charge in [-0.2, -0.15) is 0 Å². The Hall–Kier alpha value is -3.34. The molecular formula is C30H37N5O5. The zero-order valence-corrected chi connectivity index (χ0v) is 22.9. The number of nitrogen functional groups attached to an aromatic ring is 1. The number of aliphatic hydroxyl groups is 2. The number of nitrogens with zero attached hydrogens (tertiary/aromatic N) is 3. The highest BCUT2D eigenvalue weighted by Gasteiger charge is 2.67. The number of rotatable bonds is 7. The number of epoxide rings is 1. The fourth-order valence-corrected chi connectivity index (χ4v) is 7.75. The maximum Gasteiger partial charge on any atom is 0.341 e. The van der Waals surface area contributed by atoms with Crippen molar-refractivity contribution in [2.75, 3.05) is 24.3 Å². The normalized spacial score (nSPS) is 36.6. The zero-order chi connectivity index (χ0) is 28.1. The molecule has 0 amide bonds. The lowest BCUT2D eigenvalue weighted by atomic mass is 9.44. The third kappa shape index (κ3) is 4.57. The van der Waals surface area contributed by atoms with Gasteiger partial charge in [-0.25, -0.2) is 19.7 Å². The number of carbonyl (C=O) groups excluding carboxylic acids is 1. The molecule has 2 aliphatic carbocycles. The van der Waals surface area contributed by atoms with E-state index < -0.39 is 23.5 Å². The van der Waals surface area contributed by atoms with E-state index in [9.17, 15) is 15.0 Å². The highest BCUT2D eigenvalue weighted by Crippen LogP contribution is 2.66. The Labute approximate surface area is 233 Å². The van der Waals surface area contributed by atoms with Crippen molar-refractivity contribution in [1.29, 1.82) is 0 Å². The molecule has 3 fully saturated rings. The van der Waals surface area contributed by atoms with Crippen molar-refractivity contribution in [3.05, 3.63) is 59.8 Å². The van der Waals surface area contributed by atoms with E-state index in [0.29, 0.717) is 42.2 Å². The molecule has 0 bridgehead atoms. The molecule has 2 aromatic rings. The molecule has 0 radical (unpaired) electrons. The minimum Gasteiger partial charge on any atom is -0.423 e. The fourth-order valence-electron chi connectivity index (χ4n) is 7.75. The molecule has 10 nitrogen and oxygen atoms in total. The number of pyridine rings is 1. The molecule has 2 saturated carbocycles. The van der Waals surface area contributed by atoms with E-state index in [1.54, 1.807) is 30.7 Å². The van der Waals surface area contributed by atoms with Crippen LogP contribution in [0.25, 0.3) is 6.08 Å². The van der Waals surface area contributed by atoms with Crippen LogP contribution in [-0.4, -0.2) is 62.1 Å². The Kier molecular flexibility index (Phi) is 6.67. The van der Waals surface area contributed by atoms with Crippen LogP contribution in [0.5, 0.6) is 0 Å². The Morgan fingerprint density at radius 1 is 1.20 bits per heavy atom. The number of aliphatic hydroxyl groups excluding tert-OH is 2. The Morgan fingerprint density at radius 3 is 2.65 bits per heavy atom. The predicted molar refractivity (Wildman–Crippen MR) is 148 cm³/mol. The van der Waals surface area contributed by atoms with Crippen LogP contribution in [0.1, 0.15) is 51.5 Å². The Bertz CT molecular complexity index is 1330. The van der Waals surface area contributed by atoms with E-state index in [2.05, 4.69) is 27.2 Å². The lowest BCUT2D eigenvalue weighted by molar-refractivity contribution is -0.177. The van der Waals surface area contributed by atoms with Crippen LogP contribution in [0.4, 0.5) is 11.8 Å². The van der Waals surface area contributed by atoms with Crippen LogP contribution in [0.15, 0.2) is 54.2 Å². The summed E-state index contributed by atoms with van der Waals surface area (Å²) < 4.78 is 11.9. The van der Waals surface area contributed by atoms with Crippen LogP contribution in [-0.2, 0) is 14.3 Å². The number of nitrogens with one attached hydrogen (secondary N) is 1. The van der Waals surface area contributed by atoms with Crippen LogP contribution in [0.2, 0.25) is 0 Å². The topological polar surface area (TPSA) is 156 Å². The summed E-state index contributed by atoms with van der Waals surface area (Å²) in [5.74, 6) is 1.02. The van der Waals surface area contributed by atoms with Crippen LogP contribution in [0.3, 0.4) is 0 Å². The van der Waals surface area contributed by atoms with E-state index in [1.807, 2.05) is 25.1 Å². The standard InChI is InChI=1S/C30H37N5O5/c1-28-8-7-24(37)29(2,16-36)22(28)6-9-30(17-39-30)23(28)13-21(35-25-5-3-4-10-32-25)20-12-19(40-26(20)38)11-18-14-33-27(31)34-15-18/h3-5,10-12,14-15,21-24,36-37H,6-9,13,16-17H2,1-2H3,(H,32,35)(H2,31,33,34)/b19-11+/t21?,22?,23?,24-,28+,29+,30?/m1/s1. The number of anilines is 2. The Morgan fingerprint density at radius 2 is 1.98 bits per heavy atom. The van der Waals surface area contributed by atoms with Gasteiger partial charge in [-0.3, -0.25) is 0 Å². The molecule has 40 heavy (non-hydrogen) atoms. The molecule has 4 aliphatic rings. The van der Waals surface area contributed by atoms with Gasteiger partial charge in [-0.15, -0.1) is 0 Å². The van der Waals surface area contributed by atoms with Gasteiger partial charge in [-0.05, 0) is 73.6 Å². The van der Waals surface area contributed by atoms with Crippen molar-refractivity contribution in [2.24, 2.45) is 22.7 Å². The molecule has 10 heteroatoms. The number of esters is 1. The van der Waals surface area contributed by atoms with E-state index in [4.69, 9.17) is 15.2 Å². The van der Waals surface area contributed by atoms with Crippen LogP contribution in [0, 0.1) is 22.7 Å². The maximum absolute atomic E-state index is 13.3. The first kappa shape index (κ1) is 26.9. The molecular weight excluding hydrogens is 510 g/mol. The predicted octanol–water partition coefficient (Wildman–Crippen LogP) is 3.10. The number of hydrogen-bond acceptors (Lipinski definition) is 10. The summed E-state index contributed by atoms with van der Waals surface area (Å²) >= 11 is 0. The minimum atomic E-state index is -0.589. The van der Waals surface area contributed by atoms with Gasteiger partial charge in [-0.1, -0.05) is 19.9 Å². The van der Waals surface area contributed by atoms with Gasteiger partial charge < -0.3 is 30.7 Å². The van der Waals surface area contributed by atoms with Crippen molar-refractivity contribution < 1.29 is 24.5 Å². The van der Waals surface area contributed by atoms with Crippen LogP contribution < -0.4 is 11.1 Å². The second-order valence-electron chi connectivity index (χ2n) is 12.3. The molecule has 4 heterocycles. The molecule has 4 unspecified atom stereocenters. The van der Waals surface area contributed by atoms with Gasteiger partial charge in [0.1, 0.15) is 11.6 Å². The molecule has 7 atom stereocenters. The number of allylic oxidation sites excluding steroid dienone is 1. The number of fused-ring (bicyclic) bond motifs is 1. The summed E-state index contributed by atoms with van der Waals surface area (Å²) in [6, 6.07) is 5.23. The fraction of sp³-hybridized carbons (Fsp3) is 0.533. The lowest BCUT2D eigenvalue weighted by Crippen LogP contribution is -2.61. The monoisotopic (exact) mass is 547 g/mol. The molecule has 0 aromatic carbocycles. The summed E-state index contributed by atoms with van der Waals surface area (Å²) in [6.07, 6.45) is 11.6. The van der Waals surface area contributed by atoms with Crippen molar-refractivity contribution in [1.82, 2.24) is 15.0 Å². The molecule has 5 N–H and O–H groups in total. The SMILES string of the molecule is C[C@]12CC[C@@H](O)[C@@](C)(CO)C1CCC1(CO1)C2CC(Nc1ccccn1)C1=C/C(=C\c2cnc(N)nc2)OC1=O. The third-order valence-corrected chi connectivity index (χ3v) is 10.0. The zero-order valence-electron chi connectivity index (χ0n) is 22.9. The van der Waals surface area contributed by atoms with E-state index >= 15 is 0 Å². The maximum atomic E-state index is 13.3. The average Bonchev–Trinajstić information content (AvgIpc) is 3.63. The van der Waals surface area contributed by atoms with Crippen molar-refractivity contribution >= 4 is 23.8 Å². The van der Waals surface area contributed by atoms with Gasteiger partial charge in [0, 0.05) is 29.6 Å². The summed E-state index contributed by atoms with van der Waals surface area (Å²) in [7, 11) is 0. The highest BCUT2D eigenvalue weighted by molar-refractivity contribution is 5.95. The number of carbonyl (C=O) groups is 1. The van der Waals surface area contributed by atoms with Crippen molar-refractivity contribution in [3.63, 3.8) is 0 Å². The summed E-state index contributed by atoms with van der Waals surface area (Å²) in [6.45, 7) is 4.92. The number of aromatic nitrogens is 3. The molecule has 2 aliphatic heterocycles. The van der Waals surface area contributed by atoms with Gasteiger partial charge in [0.2, 0.25) is 5.95 Å².